The van der Waals surface area contributed by atoms with Gasteiger partial charge < -0.3 is 4.74 Å². The van der Waals surface area contributed by atoms with Crippen molar-refractivity contribution in [2.24, 2.45) is 0 Å². The van der Waals surface area contributed by atoms with E-state index in [1.165, 1.54) is 24.1 Å². The summed E-state index contributed by atoms with van der Waals surface area (Å²) in [6.07, 6.45) is 8.92. The SMILES string of the molecule is C=C[C@](C)(CC/C=C(\C)CCC=C(C)C)S(=O)(=O)CCOC(C)=O. The van der Waals surface area contributed by atoms with Crippen LogP contribution in [-0.4, -0.2) is 31.5 Å². The molecule has 0 rings (SSSR count). The van der Waals surface area contributed by atoms with Gasteiger partial charge in [-0.05, 0) is 53.4 Å². The topological polar surface area (TPSA) is 60.4 Å². The van der Waals surface area contributed by atoms with Crippen molar-refractivity contribution in [2.75, 3.05) is 12.4 Å². The first-order valence-electron chi connectivity index (χ1n) is 8.32. The van der Waals surface area contributed by atoms with E-state index in [1.807, 2.05) is 0 Å². The molecule has 24 heavy (non-hydrogen) atoms. The molecule has 0 fully saturated rings. The Morgan fingerprint density at radius 1 is 1.12 bits per heavy atom. The molecule has 0 amide bonds. The van der Waals surface area contributed by atoms with Crippen LogP contribution in [0, 0.1) is 0 Å². The van der Waals surface area contributed by atoms with Gasteiger partial charge in [-0.2, -0.15) is 0 Å². The molecule has 0 saturated carbocycles. The van der Waals surface area contributed by atoms with Crippen LogP contribution in [0.4, 0.5) is 0 Å². The lowest BCUT2D eigenvalue weighted by Crippen LogP contribution is -2.36. The Balaban J connectivity index is 4.68. The van der Waals surface area contributed by atoms with Crippen molar-refractivity contribution >= 4 is 15.8 Å². The molecule has 1 atom stereocenters. The van der Waals surface area contributed by atoms with Crippen LogP contribution in [-0.2, 0) is 19.4 Å². The molecule has 0 aromatic rings. The lowest BCUT2D eigenvalue weighted by atomic mass is 10.0. The first-order chi connectivity index (χ1) is 11.0. The summed E-state index contributed by atoms with van der Waals surface area (Å²) in [6, 6.07) is 0. The Kier molecular flexibility index (Phi) is 9.90. The minimum absolute atomic E-state index is 0.112. The first kappa shape index (κ1) is 22.6. The van der Waals surface area contributed by atoms with E-state index in [9.17, 15) is 13.2 Å². The minimum Gasteiger partial charge on any atom is -0.465 e. The van der Waals surface area contributed by atoms with Gasteiger partial charge >= 0.3 is 5.97 Å². The van der Waals surface area contributed by atoms with E-state index in [0.29, 0.717) is 12.8 Å². The van der Waals surface area contributed by atoms with Crippen LogP contribution in [0.5, 0.6) is 0 Å². The summed E-state index contributed by atoms with van der Waals surface area (Å²) in [5.74, 6) is -0.654. The van der Waals surface area contributed by atoms with Crippen molar-refractivity contribution in [1.29, 1.82) is 0 Å². The fraction of sp³-hybridized carbons (Fsp3) is 0.632. The Bertz CT molecular complexity index is 580. The summed E-state index contributed by atoms with van der Waals surface area (Å²) in [4.78, 5) is 10.8. The van der Waals surface area contributed by atoms with Crippen molar-refractivity contribution in [2.45, 2.75) is 65.0 Å². The van der Waals surface area contributed by atoms with Crippen LogP contribution >= 0.6 is 0 Å². The van der Waals surface area contributed by atoms with E-state index < -0.39 is 20.6 Å². The average Bonchev–Trinajstić information content (AvgIpc) is 2.45. The number of carbonyl (C=O) groups is 1. The molecule has 0 N–H and O–H groups in total. The quantitative estimate of drug-likeness (QED) is 0.407. The number of carbonyl (C=O) groups excluding carboxylic acids is 1. The Morgan fingerprint density at radius 2 is 1.75 bits per heavy atom. The maximum Gasteiger partial charge on any atom is 0.302 e. The van der Waals surface area contributed by atoms with Crippen molar-refractivity contribution in [1.82, 2.24) is 0 Å². The summed E-state index contributed by atoms with van der Waals surface area (Å²) in [6.45, 7) is 12.7. The first-order valence-corrected chi connectivity index (χ1v) is 9.97. The summed E-state index contributed by atoms with van der Waals surface area (Å²) in [7, 11) is -3.43. The second kappa shape index (κ2) is 10.5. The van der Waals surface area contributed by atoms with E-state index in [2.05, 4.69) is 39.5 Å². The Hall–Kier alpha value is -1.36. The lowest BCUT2D eigenvalue weighted by Gasteiger charge is -2.25. The third-order valence-electron chi connectivity index (χ3n) is 4.02. The molecule has 0 aliphatic rings. The molecule has 5 heteroatoms. The van der Waals surface area contributed by atoms with Gasteiger partial charge in [0.05, 0.1) is 10.5 Å². The zero-order chi connectivity index (χ0) is 18.8. The van der Waals surface area contributed by atoms with E-state index >= 15 is 0 Å². The predicted octanol–water partition coefficient (Wildman–Crippen LogP) is 4.38. The van der Waals surface area contributed by atoms with E-state index in [1.54, 1.807) is 6.92 Å². The highest BCUT2D eigenvalue weighted by Gasteiger charge is 2.35. The Labute approximate surface area is 147 Å². The third kappa shape index (κ3) is 8.48. The molecule has 0 aliphatic heterocycles. The number of hydrogen-bond acceptors (Lipinski definition) is 4. The fourth-order valence-corrected chi connectivity index (χ4v) is 3.66. The van der Waals surface area contributed by atoms with Gasteiger partial charge in [0.2, 0.25) is 0 Å². The molecule has 0 spiro atoms. The number of rotatable bonds is 11. The maximum atomic E-state index is 12.5. The van der Waals surface area contributed by atoms with Crippen LogP contribution in [0.1, 0.15) is 60.3 Å². The number of ether oxygens (including phenoxy) is 1. The molecule has 4 nitrogen and oxygen atoms in total. The standard InChI is InChI=1S/C19H32O4S/c1-7-19(6,24(21,22)15-14-23-18(5)20)13-9-12-17(4)11-8-10-16(2)3/h7,10,12H,1,8-9,11,13-15H2,2-6H3/b17-12+/t19-/m1/s1. The van der Waals surface area contributed by atoms with Crippen LogP contribution in [0.3, 0.4) is 0 Å². The summed E-state index contributed by atoms with van der Waals surface area (Å²) >= 11 is 0. The van der Waals surface area contributed by atoms with Crippen LogP contribution in [0.15, 0.2) is 36.0 Å². The smallest absolute Gasteiger partial charge is 0.302 e. The molecule has 0 saturated heterocycles. The summed E-state index contributed by atoms with van der Waals surface area (Å²) in [5.41, 5.74) is 2.57. The molecule has 0 heterocycles. The molecular formula is C19H32O4S. The summed E-state index contributed by atoms with van der Waals surface area (Å²) in [5, 5.41) is 0. The molecule has 0 aliphatic carbocycles. The van der Waals surface area contributed by atoms with Gasteiger partial charge in [-0.15, -0.1) is 6.58 Å². The van der Waals surface area contributed by atoms with Gasteiger partial charge in [-0.1, -0.05) is 29.4 Å². The highest BCUT2D eigenvalue weighted by molar-refractivity contribution is 7.92. The molecule has 0 bridgehead atoms. The van der Waals surface area contributed by atoms with Gasteiger partial charge in [0.25, 0.3) is 0 Å². The molecule has 138 valence electrons. The zero-order valence-corrected chi connectivity index (χ0v) is 16.5. The predicted molar refractivity (Wildman–Crippen MR) is 101 cm³/mol. The van der Waals surface area contributed by atoms with Crippen molar-refractivity contribution in [3.8, 4) is 0 Å². The largest absolute Gasteiger partial charge is 0.465 e. The molecule has 0 aromatic carbocycles. The highest BCUT2D eigenvalue weighted by atomic mass is 32.2. The summed E-state index contributed by atoms with van der Waals surface area (Å²) < 4.78 is 28.7. The number of esters is 1. The molecule has 0 radical (unpaired) electrons. The van der Waals surface area contributed by atoms with E-state index in [0.717, 1.165) is 12.8 Å². The van der Waals surface area contributed by atoms with E-state index in [-0.39, 0.29) is 12.4 Å². The van der Waals surface area contributed by atoms with Gasteiger partial charge in [-0.25, -0.2) is 8.42 Å². The van der Waals surface area contributed by atoms with Gasteiger partial charge in [0, 0.05) is 6.92 Å². The second-order valence-corrected chi connectivity index (χ2v) is 9.16. The van der Waals surface area contributed by atoms with Crippen molar-refractivity contribution in [3.05, 3.63) is 36.0 Å². The normalized spacial score (nSPS) is 14.6. The van der Waals surface area contributed by atoms with Crippen molar-refractivity contribution in [3.63, 3.8) is 0 Å². The van der Waals surface area contributed by atoms with Crippen molar-refractivity contribution < 1.29 is 17.9 Å². The molecule has 0 aromatic heterocycles. The monoisotopic (exact) mass is 356 g/mol. The van der Waals surface area contributed by atoms with E-state index in [4.69, 9.17) is 4.74 Å². The van der Waals surface area contributed by atoms with Crippen LogP contribution in [0.2, 0.25) is 0 Å². The van der Waals surface area contributed by atoms with Gasteiger partial charge in [-0.3, -0.25) is 4.79 Å². The van der Waals surface area contributed by atoms with Crippen LogP contribution in [0.25, 0.3) is 0 Å². The zero-order valence-electron chi connectivity index (χ0n) is 15.7. The van der Waals surface area contributed by atoms with Gasteiger partial charge in [0.15, 0.2) is 9.84 Å². The van der Waals surface area contributed by atoms with Crippen LogP contribution < -0.4 is 0 Å². The lowest BCUT2D eigenvalue weighted by molar-refractivity contribution is -0.140. The molecule has 0 unspecified atom stereocenters. The number of hydrogen-bond donors (Lipinski definition) is 0. The average molecular weight is 357 g/mol. The fourth-order valence-electron chi connectivity index (χ4n) is 2.21. The minimum atomic E-state index is -3.43. The molecular weight excluding hydrogens is 324 g/mol. The maximum absolute atomic E-state index is 12.5. The highest BCUT2D eigenvalue weighted by Crippen LogP contribution is 2.26. The third-order valence-corrected chi connectivity index (χ3v) is 6.52. The second-order valence-electron chi connectivity index (χ2n) is 6.59. The Morgan fingerprint density at radius 3 is 2.25 bits per heavy atom. The van der Waals surface area contributed by atoms with Gasteiger partial charge in [0.1, 0.15) is 6.61 Å². The number of sulfone groups is 1. The number of allylic oxidation sites excluding steroid dienone is 4.